The van der Waals surface area contributed by atoms with Crippen LogP contribution in [-0.4, -0.2) is 40.6 Å². The smallest absolute Gasteiger partial charge is 0.240 e. The van der Waals surface area contributed by atoms with Gasteiger partial charge in [-0.2, -0.15) is 5.10 Å². The third kappa shape index (κ3) is 2.95. The lowest BCUT2D eigenvalue weighted by Gasteiger charge is -2.23. The SMILES string of the molecule is CCCCc1nc(-c2nc(N)c3c(n2)NC(=O)[C@]3(C)c2ccc(O)cc2)cn2ncnc12. The third-order valence-corrected chi connectivity index (χ3v) is 5.90. The number of aryl methyl sites for hydroxylation is 1. The van der Waals surface area contributed by atoms with Crippen LogP contribution >= 0.6 is 0 Å². The standard InChI is InChI=1S/C22H22N8O2/c1-3-4-5-14-20-24-11-25-30(20)10-15(26-14)18-27-17(23)16-19(28-18)29-21(32)22(16,2)12-6-8-13(31)9-7-12/h6-11,31H,3-5H2,1-2H3,(H3,23,27,28,29,32)/t22-/m1/s1. The summed E-state index contributed by atoms with van der Waals surface area (Å²) in [6, 6.07) is 6.45. The minimum atomic E-state index is -1.08. The van der Waals surface area contributed by atoms with E-state index in [1.165, 1.54) is 18.5 Å². The van der Waals surface area contributed by atoms with E-state index in [0.717, 1.165) is 25.0 Å². The largest absolute Gasteiger partial charge is 0.508 e. The number of rotatable bonds is 5. The van der Waals surface area contributed by atoms with E-state index < -0.39 is 5.41 Å². The summed E-state index contributed by atoms with van der Waals surface area (Å²) in [7, 11) is 0. The lowest BCUT2D eigenvalue weighted by Crippen LogP contribution is -2.32. The maximum Gasteiger partial charge on any atom is 0.240 e. The second kappa shape index (κ2) is 7.26. The zero-order valence-electron chi connectivity index (χ0n) is 17.7. The third-order valence-electron chi connectivity index (χ3n) is 5.90. The topological polar surface area (TPSA) is 144 Å². The van der Waals surface area contributed by atoms with Gasteiger partial charge < -0.3 is 16.2 Å². The van der Waals surface area contributed by atoms with Gasteiger partial charge in [-0.3, -0.25) is 4.79 Å². The van der Waals surface area contributed by atoms with Crippen molar-refractivity contribution in [3.63, 3.8) is 0 Å². The van der Waals surface area contributed by atoms with E-state index >= 15 is 0 Å². The van der Waals surface area contributed by atoms with Crippen molar-refractivity contribution in [1.82, 2.24) is 29.5 Å². The monoisotopic (exact) mass is 430 g/mol. The fraction of sp³-hybridized carbons (Fsp3) is 0.273. The van der Waals surface area contributed by atoms with Gasteiger partial charge in [-0.1, -0.05) is 25.5 Å². The average molecular weight is 430 g/mol. The highest BCUT2D eigenvalue weighted by atomic mass is 16.3. The number of aromatic nitrogens is 6. The number of nitrogens with zero attached hydrogens (tertiary/aromatic N) is 6. The van der Waals surface area contributed by atoms with Crippen LogP contribution in [0.25, 0.3) is 17.2 Å². The number of unbranched alkanes of at least 4 members (excludes halogenated alkanes) is 1. The first-order valence-corrected chi connectivity index (χ1v) is 10.4. The summed E-state index contributed by atoms with van der Waals surface area (Å²) in [6.07, 6.45) is 5.93. The molecule has 5 rings (SSSR count). The minimum Gasteiger partial charge on any atom is -0.508 e. The van der Waals surface area contributed by atoms with Crippen LogP contribution in [0.15, 0.2) is 36.8 Å². The van der Waals surface area contributed by atoms with E-state index in [2.05, 4.69) is 32.3 Å². The van der Waals surface area contributed by atoms with Crippen LogP contribution < -0.4 is 11.1 Å². The molecule has 4 aromatic rings. The average Bonchev–Trinajstić information content (AvgIpc) is 3.35. The summed E-state index contributed by atoms with van der Waals surface area (Å²) in [5.74, 6) is 0.688. The molecule has 10 heteroatoms. The van der Waals surface area contributed by atoms with Gasteiger partial charge in [-0.05, 0) is 37.5 Å². The number of nitrogens with two attached hydrogens (primary N) is 1. The first-order chi connectivity index (χ1) is 15.4. The number of fused-ring (bicyclic) bond motifs is 2. The maximum atomic E-state index is 13.0. The molecule has 10 nitrogen and oxygen atoms in total. The number of anilines is 2. The number of aromatic hydroxyl groups is 1. The number of benzene rings is 1. The summed E-state index contributed by atoms with van der Waals surface area (Å²) in [4.78, 5) is 31.1. The lowest BCUT2D eigenvalue weighted by atomic mass is 9.78. The Kier molecular flexibility index (Phi) is 4.50. The number of amides is 1. The van der Waals surface area contributed by atoms with Crippen LogP contribution in [0.1, 0.15) is 43.5 Å². The number of hydrogen-bond acceptors (Lipinski definition) is 8. The van der Waals surface area contributed by atoms with E-state index in [1.807, 2.05) is 0 Å². The van der Waals surface area contributed by atoms with Crippen LogP contribution in [0.5, 0.6) is 5.75 Å². The summed E-state index contributed by atoms with van der Waals surface area (Å²) in [5, 5.41) is 16.7. The molecule has 4 N–H and O–H groups in total. The molecule has 0 bridgehead atoms. The van der Waals surface area contributed by atoms with Crippen LogP contribution in [0.2, 0.25) is 0 Å². The van der Waals surface area contributed by atoms with Gasteiger partial charge >= 0.3 is 0 Å². The Bertz CT molecular complexity index is 1350. The molecule has 3 aromatic heterocycles. The van der Waals surface area contributed by atoms with Crippen molar-refractivity contribution in [3.8, 4) is 17.3 Å². The number of phenolic OH excluding ortho intramolecular Hbond substituents is 1. The number of nitrogens with one attached hydrogen (secondary N) is 1. The molecular formula is C22H22N8O2. The molecule has 1 aromatic carbocycles. The molecule has 0 spiro atoms. The molecule has 0 radical (unpaired) electrons. The molecular weight excluding hydrogens is 408 g/mol. The first-order valence-electron chi connectivity index (χ1n) is 10.4. The van der Waals surface area contributed by atoms with Crippen LogP contribution in [-0.2, 0) is 16.6 Å². The van der Waals surface area contributed by atoms with Gasteiger partial charge in [0.2, 0.25) is 5.91 Å². The van der Waals surface area contributed by atoms with Crippen molar-refractivity contribution >= 4 is 23.2 Å². The van der Waals surface area contributed by atoms with E-state index in [0.29, 0.717) is 34.1 Å². The van der Waals surface area contributed by atoms with E-state index in [4.69, 9.17) is 10.7 Å². The summed E-state index contributed by atoms with van der Waals surface area (Å²) in [5.41, 5.74) is 8.48. The fourth-order valence-electron chi connectivity index (χ4n) is 4.10. The molecule has 0 saturated carbocycles. The molecule has 1 amide bonds. The van der Waals surface area contributed by atoms with Gasteiger partial charge in [-0.25, -0.2) is 24.5 Å². The molecule has 0 aliphatic carbocycles. The van der Waals surface area contributed by atoms with Gasteiger partial charge in [0, 0.05) is 0 Å². The van der Waals surface area contributed by atoms with Crippen LogP contribution in [0.3, 0.4) is 0 Å². The van der Waals surface area contributed by atoms with Gasteiger partial charge in [0.15, 0.2) is 11.5 Å². The van der Waals surface area contributed by atoms with Crippen molar-refractivity contribution in [3.05, 3.63) is 53.6 Å². The number of phenols is 1. The number of nitrogen functional groups attached to an aromatic ring is 1. The predicted octanol–water partition coefficient (Wildman–Crippen LogP) is 2.47. The van der Waals surface area contributed by atoms with E-state index in [-0.39, 0.29) is 17.5 Å². The highest BCUT2D eigenvalue weighted by molar-refractivity contribution is 6.09. The lowest BCUT2D eigenvalue weighted by molar-refractivity contribution is -0.119. The molecule has 0 fully saturated rings. The van der Waals surface area contributed by atoms with Crippen LogP contribution in [0.4, 0.5) is 11.6 Å². The zero-order chi connectivity index (χ0) is 22.5. The number of carbonyl (C=O) groups is 1. The highest BCUT2D eigenvalue weighted by Crippen LogP contribution is 2.45. The molecule has 1 aliphatic heterocycles. The number of carbonyl (C=O) groups excluding carboxylic acids is 1. The molecule has 1 aliphatic rings. The first kappa shape index (κ1) is 19.9. The summed E-state index contributed by atoms with van der Waals surface area (Å²) >= 11 is 0. The minimum absolute atomic E-state index is 0.115. The molecule has 1 atom stereocenters. The quantitative estimate of drug-likeness (QED) is 0.438. The van der Waals surface area contributed by atoms with Gasteiger partial charge in [0.1, 0.15) is 34.8 Å². The molecule has 0 unspecified atom stereocenters. The Labute approximate surface area is 183 Å². The van der Waals surface area contributed by atoms with Crippen molar-refractivity contribution in [2.45, 2.75) is 38.5 Å². The molecule has 4 heterocycles. The van der Waals surface area contributed by atoms with Gasteiger partial charge in [0.05, 0.1) is 17.5 Å². The Hall–Kier alpha value is -4.08. The second-order valence-electron chi connectivity index (χ2n) is 7.99. The van der Waals surface area contributed by atoms with E-state index in [9.17, 15) is 9.90 Å². The summed E-state index contributed by atoms with van der Waals surface area (Å²) in [6.45, 7) is 3.88. The van der Waals surface area contributed by atoms with Crippen molar-refractivity contribution in [2.75, 3.05) is 11.1 Å². The van der Waals surface area contributed by atoms with Gasteiger partial charge in [0.25, 0.3) is 0 Å². The summed E-state index contributed by atoms with van der Waals surface area (Å²) < 4.78 is 1.65. The molecule has 0 saturated heterocycles. The van der Waals surface area contributed by atoms with Gasteiger partial charge in [-0.15, -0.1) is 0 Å². The Morgan fingerprint density at radius 3 is 2.72 bits per heavy atom. The molecule has 32 heavy (non-hydrogen) atoms. The van der Waals surface area contributed by atoms with Crippen molar-refractivity contribution in [1.29, 1.82) is 0 Å². The zero-order valence-corrected chi connectivity index (χ0v) is 17.7. The normalized spacial score (nSPS) is 17.5. The second-order valence-corrected chi connectivity index (χ2v) is 7.99. The maximum absolute atomic E-state index is 13.0. The molecule has 162 valence electrons. The van der Waals surface area contributed by atoms with Crippen molar-refractivity contribution in [2.24, 2.45) is 0 Å². The van der Waals surface area contributed by atoms with E-state index in [1.54, 1.807) is 29.8 Å². The van der Waals surface area contributed by atoms with Crippen molar-refractivity contribution < 1.29 is 9.90 Å². The Morgan fingerprint density at radius 1 is 1.19 bits per heavy atom. The van der Waals surface area contributed by atoms with Crippen LogP contribution in [0, 0.1) is 0 Å². The Morgan fingerprint density at radius 2 is 1.97 bits per heavy atom. The fourth-order valence-corrected chi connectivity index (χ4v) is 4.10. The number of hydrogen-bond donors (Lipinski definition) is 3. The Balaban J connectivity index is 1.63. The highest BCUT2D eigenvalue weighted by Gasteiger charge is 2.47. The predicted molar refractivity (Wildman–Crippen MR) is 118 cm³/mol.